The molecule has 5 rings (SSSR count). The molecule has 1 spiro atoms. The topological polar surface area (TPSA) is 273 Å². The van der Waals surface area contributed by atoms with Gasteiger partial charge in [0, 0.05) is 49.4 Å². The summed E-state index contributed by atoms with van der Waals surface area (Å²) >= 11 is 0. The van der Waals surface area contributed by atoms with Crippen LogP contribution in [-0.2, 0) is 51.2 Å². The molecule has 3 fully saturated rings. The average Bonchev–Trinajstić information content (AvgIpc) is 3.80. The van der Waals surface area contributed by atoms with E-state index in [-0.39, 0.29) is 56.5 Å². The summed E-state index contributed by atoms with van der Waals surface area (Å²) in [5, 5.41) is 16.8. The first-order valence-electron chi connectivity index (χ1n) is 23.3. The maximum absolute atomic E-state index is 14.5. The van der Waals surface area contributed by atoms with Gasteiger partial charge < -0.3 is 53.0 Å². The predicted octanol–water partition coefficient (Wildman–Crippen LogP) is 1.38. The van der Waals surface area contributed by atoms with E-state index in [1.165, 1.54) is 26.5 Å². The van der Waals surface area contributed by atoms with E-state index < -0.39 is 88.8 Å². The Morgan fingerprint density at radius 3 is 2.07 bits per heavy atom. The zero-order valence-corrected chi connectivity index (χ0v) is 40.3. The van der Waals surface area contributed by atoms with Crippen molar-refractivity contribution in [2.24, 2.45) is 17.4 Å². The van der Waals surface area contributed by atoms with Crippen LogP contribution in [0.3, 0.4) is 0 Å². The SMILES string of the molecule is CCOc1ccc(CC2NC(=O)CC3(CCCCC3)SSCC(C(=O)N3CCC[C@H]3C(=O)NCCN)NC(=O)[C@H](CC(N)=O)NC(=O)[C@H](C(C)C)NC(=O)C(Cc3ccccc3)NC2=O)cc1. The molecule has 0 aromatic heterocycles. The number of nitrogens with two attached hydrogens (primary N) is 2. The van der Waals surface area contributed by atoms with Crippen LogP contribution in [0.1, 0.15) is 89.7 Å². The number of carbonyl (C=O) groups is 8. The van der Waals surface area contributed by atoms with E-state index in [0.717, 1.165) is 24.8 Å². The third kappa shape index (κ3) is 15.6. The number of carbonyl (C=O) groups excluding carboxylic acids is 8. The van der Waals surface area contributed by atoms with E-state index in [9.17, 15) is 38.4 Å². The van der Waals surface area contributed by atoms with E-state index in [0.29, 0.717) is 43.6 Å². The molecule has 2 saturated heterocycles. The van der Waals surface area contributed by atoms with E-state index in [1.54, 1.807) is 50.2 Å². The minimum absolute atomic E-state index is 0.000261. The van der Waals surface area contributed by atoms with E-state index >= 15 is 0 Å². The second-order valence-corrected chi connectivity index (χ2v) is 20.5. The molecule has 10 N–H and O–H groups in total. The van der Waals surface area contributed by atoms with Gasteiger partial charge in [-0.15, -0.1) is 0 Å². The number of benzene rings is 2. The number of nitrogens with one attached hydrogen (secondary N) is 6. The Kier molecular flexibility index (Phi) is 20.2. The van der Waals surface area contributed by atoms with Crippen molar-refractivity contribution >= 4 is 68.8 Å². The Morgan fingerprint density at radius 1 is 0.806 bits per heavy atom. The van der Waals surface area contributed by atoms with Crippen molar-refractivity contribution in [2.75, 3.05) is 32.0 Å². The largest absolute Gasteiger partial charge is 0.494 e. The molecule has 366 valence electrons. The van der Waals surface area contributed by atoms with Crippen LogP contribution in [0.5, 0.6) is 5.75 Å². The summed E-state index contributed by atoms with van der Waals surface area (Å²) in [6, 6.07) is 8.99. The van der Waals surface area contributed by atoms with Crippen LogP contribution in [-0.4, -0.2) is 125 Å². The van der Waals surface area contributed by atoms with Crippen molar-refractivity contribution in [2.45, 2.75) is 132 Å². The van der Waals surface area contributed by atoms with Crippen LogP contribution in [0.25, 0.3) is 0 Å². The van der Waals surface area contributed by atoms with Gasteiger partial charge >= 0.3 is 0 Å². The number of amides is 8. The van der Waals surface area contributed by atoms with Crippen molar-refractivity contribution in [1.82, 2.24) is 36.8 Å². The first-order chi connectivity index (χ1) is 32.1. The van der Waals surface area contributed by atoms with Crippen LogP contribution >= 0.6 is 21.6 Å². The number of likely N-dealkylation sites (tertiary alicyclic amines) is 1. The van der Waals surface area contributed by atoms with E-state index in [2.05, 4.69) is 31.9 Å². The molecule has 2 aromatic carbocycles. The van der Waals surface area contributed by atoms with Gasteiger partial charge in [0.25, 0.3) is 0 Å². The summed E-state index contributed by atoms with van der Waals surface area (Å²) in [4.78, 5) is 113. The molecule has 18 nitrogen and oxygen atoms in total. The zero-order valence-electron chi connectivity index (χ0n) is 38.6. The molecule has 20 heteroatoms. The van der Waals surface area contributed by atoms with Gasteiger partial charge in [-0.05, 0) is 61.8 Å². The van der Waals surface area contributed by atoms with Crippen molar-refractivity contribution in [3.63, 3.8) is 0 Å². The van der Waals surface area contributed by atoms with E-state index in [1.807, 2.05) is 25.1 Å². The van der Waals surface area contributed by atoms with Crippen molar-refractivity contribution < 1.29 is 43.1 Å². The second-order valence-electron chi connectivity index (χ2n) is 17.7. The fourth-order valence-corrected chi connectivity index (χ4v) is 12.0. The number of hydrogen-bond donors (Lipinski definition) is 8. The van der Waals surface area contributed by atoms with Crippen molar-refractivity contribution in [1.29, 1.82) is 0 Å². The van der Waals surface area contributed by atoms with Crippen LogP contribution in [0, 0.1) is 5.92 Å². The summed E-state index contributed by atoms with van der Waals surface area (Å²) in [6.45, 7) is 6.37. The number of nitrogens with zero attached hydrogens (tertiary/aromatic N) is 1. The first-order valence-corrected chi connectivity index (χ1v) is 25.6. The fraction of sp³-hybridized carbons (Fsp3) is 0.574. The highest BCUT2D eigenvalue weighted by Crippen LogP contribution is 2.48. The Labute approximate surface area is 400 Å². The van der Waals surface area contributed by atoms with E-state index in [4.69, 9.17) is 16.2 Å². The van der Waals surface area contributed by atoms with Crippen LogP contribution < -0.4 is 48.1 Å². The zero-order chi connectivity index (χ0) is 48.5. The molecule has 6 atom stereocenters. The van der Waals surface area contributed by atoms with Gasteiger partial charge in [-0.1, -0.05) is 97.2 Å². The molecular formula is C47H67N9O9S2. The molecule has 8 amide bonds. The minimum atomic E-state index is -1.56. The Hall–Kier alpha value is -5.34. The number of ether oxygens (including phenoxy) is 1. The van der Waals surface area contributed by atoms with Gasteiger partial charge in [0.05, 0.1) is 13.0 Å². The molecule has 0 bridgehead atoms. The number of hydrogen-bond acceptors (Lipinski definition) is 12. The highest BCUT2D eigenvalue weighted by atomic mass is 33.1. The number of rotatable bonds is 13. The Morgan fingerprint density at radius 2 is 1.43 bits per heavy atom. The summed E-state index contributed by atoms with van der Waals surface area (Å²) < 4.78 is 5.01. The van der Waals surface area contributed by atoms with Crippen molar-refractivity contribution in [3.05, 3.63) is 65.7 Å². The van der Waals surface area contributed by atoms with Gasteiger partial charge in [0.2, 0.25) is 47.3 Å². The van der Waals surface area contributed by atoms with Crippen LogP contribution in [0.4, 0.5) is 0 Å². The van der Waals surface area contributed by atoms with Gasteiger partial charge in [0.1, 0.15) is 42.0 Å². The summed E-state index contributed by atoms with van der Waals surface area (Å²) in [7, 11) is 2.74. The van der Waals surface area contributed by atoms with Crippen LogP contribution in [0.2, 0.25) is 0 Å². The molecule has 1 saturated carbocycles. The Balaban J connectivity index is 1.54. The standard InChI is InChI=1S/C47H67N9O9S2/c1-4-65-32-17-15-31(16-18-32)25-33-41(59)52-34(24-30-12-7-5-8-13-30)43(61)55-40(29(2)3)45(63)53-35(26-38(49)57)42(60)54-36(46(64)56-23-11-14-37(56)44(62)50-22-21-48)28-66-67-47(27-39(58)51-33)19-9-6-10-20-47/h5,7-8,12-13,15-18,29,33-37,40H,4,6,9-11,14,19-28,48H2,1-3H3,(H2,49,57)(H,50,62)(H,51,58)(H,52,59)(H,53,63)(H,54,60)(H,55,61)/t33?,34?,35-,36?,37-,40-/m0/s1. The summed E-state index contributed by atoms with van der Waals surface area (Å²) in [6.07, 6.45) is 4.43. The average molecular weight is 966 g/mol. The maximum atomic E-state index is 14.5. The van der Waals surface area contributed by atoms with Crippen molar-refractivity contribution in [3.8, 4) is 5.75 Å². The second kappa shape index (κ2) is 25.7. The molecular weight excluding hydrogens is 899 g/mol. The maximum Gasteiger partial charge on any atom is 0.246 e. The monoisotopic (exact) mass is 965 g/mol. The van der Waals surface area contributed by atoms with Gasteiger partial charge in [-0.25, -0.2) is 0 Å². The lowest BCUT2D eigenvalue weighted by molar-refractivity contribution is -0.141. The molecule has 0 radical (unpaired) electrons. The van der Waals surface area contributed by atoms with Crippen LogP contribution in [0.15, 0.2) is 54.6 Å². The summed E-state index contributed by atoms with van der Waals surface area (Å²) in [5.41, 5.74) is 12.7. The molecule has 2 heterocycles. The quantitative estimate of drug-likeness (QED) is 0.132. The third-order valence-corrected chi connectivity index (χ3v) is 15.5. The lowest BCUT2D eigenvalue weighted by Crippen LogP contribution is -2.61. The highest BCUT2D eigenvalue weighted by Gasteiger charge is 2.42. The highest BCUT2D eigenvalue weighted by molar-refractivity contribution is 8.77. The molecule has 2 aliphatic heterocycles. The smallest absolute Gasteiger partial charge is 0.246 e. The summed E-state index contributed by atoms with van der Waals surface area (Å²) in [5.74, 6) is -5.13. The molecule has 2 aromatic rings. The van der Waals surface area contributed by atoms with Gasteiger partial charge in [-0.3, -0.25) is 38.4 Å². The molecule has 3 aliphatic rings. The van der Waals surface area contributed by atoms with Gasteiger partial charge in [-0.2, -0.15) is 0 Å². The molecule has 3 unspecified atom stereocenters. The minimum Gasteiger partial charge on any atom is -0.494 e. The number of primary amides is 1. The third-order valence-electron chi connectivity index (χ3n) is 12.1. The first kappa shape index (κ1) is 52.6. The fourth-order valence-electron chi connectivity index (χ4n) is 8.64. The lowest BCUT2D eigenvalue weighted by Gasteiger charge is -2.37. The Bertz CT molecular complexity index is 2040. The predicted molar refractivity (Wildman–Crippen MR) is 257 cm³/mol. The normalized spacial score (nSPS) is 24.7. The lowest BCUT2D eigenvalue weighted by atomic mass is 9.85. The molecule has 67 heavy (non-hydrogen) atoms. The van der Waals surface area contributed by atoms with Gasteiger partial charge in [0.15, 0.2) is 0 Å². The molecule has 1 aliphatic carbocycles.